The number of allylic oxidation sites excluding steroid dienone is 2. The highest BCUT2D eigenvalue weighted by Crippen LogP contribution is 2.32. The molecule has 6 aliphatic rings. The molecule has 7 N–H and O–H groups in total. The number of ether oxygens (including phenoxy) is 1. The SMILES string of the molecule is C1=NCC=C1c1ccc2nc(Cc3cc(CN4CCNCC4)ccn3)cn2c1.COCC(=O)N1CCN(c2ccnc(Nc3cn4cc(-c5ccccc5)ccc4n3)c2)CC1.CS(=O)(=O)N1CCN(c2ccnc(Nc3cn4cc(-c5ccncc5)ccc4n3)c2)CC1.CS(=O)(=O)N1CCN(c2ccnc(Nc3cn4cc(-c5cn[nH]c5)ccc4n3)c2)CC1.OCc1ccnc(Nc2cn3cc(C4=CCN=C4)ccc3n2)c1. The summed E-state index contributed by atoms with van der Waals surface area (Å²) in [5.41, 5.74) is 22.8. The Kier molecular flexibility index (Phi) is 30.0. The number of carbonyl (C=O) groups is 1. The molecular formula is C106H110N32O7S2. The van der Waals surface area contributed by atoms with Crippen LogP contribution in [0.4, 0.5) is 63.6 Å². The molecule has 0 radical (unpaired) electrons. The van der Waals surface area contributed by atoms with Gasteiger partial charge < -0.3 is 78.0 Å². The summed E-state index contributed by atoms with van der Waals surface area (Å²) in [7, 11) is -4.74. The summed E-state index contributed by atoms with van der Waals surface area (Å²) in [5.74, 6) is 5.63. The third-order valence-electron chi connectivity index (χ3n) is 25.8. The molecule has 17 aromatic heterocycles. The first-order valence-electron chi connectivity index (χ1n) is 48.3. The van der Waals surface area contributed by atoms with Gasteiger partial charge in [-0.2, -0.15) is 13.7 Å². The number of anilines is 11. The lowest BCUT2D eigenvalue weighted by molar-refractivity contribution is -0.135. The van der Waals surface area contributed by atoms with Crippen molar-refractivity contribution in [3.8, 4) is 33.4 Å². The summed E-state index contributed by atoms with van der Waals surface area (Å²) < 4.78 is 64.9. The third-order valence-corrected chi connectivity index (χ3v) is 28.4. The summed E-state index contributed by atoms with van der Waals surface area (Å²) in [5, 5.41) is 32.4. The highest BCUT2D eigenvalue weighted by molar-refractivity contribution is 7.88. The van der Waals surface area contributed by atoms with Gasteiger partial charge in [0.25, 0.3) is 0 Å². The van der Waals surface area contributed by atoms with Gasteiger partial charge >= 0.3 is 0 Å². The predicted molar refractivity (Wildman–Crippen MR) is 574 cm³/mol. The van der Waals surface area contributed by atoms with Crippen LogP contribution in [-0.4, -0.2) is 290 Å². The lowest BCUT2D eigenvalue weighted by Gasteiger charge is -2.36. The lowest BCUT2D eigenvalue weighted by atomic mass is 10.1. The average Bonchev–Trinajstić information content (AvgIpc) is 1.63. The van der Waals surface area contributed by atoms with Crippen LogP contribution in [0, 0.1) is 0 Å². The van der Waals surface area contributed by atoms with E-state index in [1.165, 1.54) is 43.4 Å². The number of imidazole rings is 5. The number of hydrogen-bond donors (Lipinski definition) is 7. The lowest BCUT2D eigenvalue weighted by Crippen LogP contribution is -2.49. The van der Waals surface area contributed by atoms with Gasteiger partial charge in [0.15, 0.2) is 23.3 Å². The summed E-state index contributed by atoms with van der Waals surface area (Å²) in [6.45, 7) is 14.4. The van der Waals surface area contributed by atoms with Gasteiger partial charge in [-0.25, -0.2) is 61.7 Å². The van der Waals surface area contributed by atoms with E-state index in [0.717, 1.165) is 178 Å². The van der Waals surface area contributed by atoms with Gasteiger partial charge in [0, 0.05) is 276 Å². The minimum absolute atomic E-state index is 0.0115. The number of methoxy groups -OCH3 is 1. The van der Waals surface area contributed by atoms with Gasteiger partial charge in [-0.05, 0) is 171 Å². The number of aliphatic hydroxyl groups excluding tert-OH is 1. The Balaban J connectivity index is 0.000000112. The number of amides is 1. The Bertz CT molecular complexity index is 8040. The molecule has 6 aliphatic heterocycles. The van der Waals surface area contributed by atoms with Gasteiger partial charge in [-0.3, -0.25) is 34.7 Å². The second-order valence-electron chi connectivity index (χ2n) is 35.9. The first-order chi connectivity index (χ1) is 71.7. The van der Waals surface area contributed by atoms with Crippen molar-refractivity contribution in [2.24, 2.45) is 9.98 Å². The number of aromatic amines is 1. The Hall–Kier alpha value is -16.7. The van der Waals surface area contributed by atoms with E-state index in [1.54, 1.807) is 62.6 Å². The van der Waals surface area contributed by atoms with Crippen LogP contribution in [0.25, 0.3) is 72.8 Å². The smallest absolute Gasteiger partial charge is 0.248 e. The largest absolute Gasteiger partial charge is 0.392 e. The Morgan fingerprint density at radius 3 is 1.25 bits per heavy atom. The van der Waals surface area contributed by atoms with Crippen molar-refractivity contribution in [1.82, 2.24) is 111 Å². The normalized spacial score (nSPS) is 15.1. The predicted octanol–water partition coefficient (Wildman–Crippen LogP) is 12.6. The molecule has 0 bridgehead atoms. The molecule has 748 valence electrons. The average molecular weight is 2010 g/mol. The first-order valence-corrected chi connectivity index (χ1v) is 52.0. The maximum absolute atomic E-state index is 12.0. The number of sulfonamides is 2. The second-order valence-corrected chi connectivity index (χ2v) is 39.9. The van der Waals surface area contributed by atoms with Crippen molar-refractivity contribution < 1.29 is 31.5 Å². The number of rotatable bonds is 25. The van der Waals surface area contributed by atoms with Crippen molar-refractivity contribution in [1.29, 1.82) is 0 Å². The number of nitrogens with one attached hydrogen (secondary N) is 6. The molecule has 0 atom stereocenters. The fraction of sp³-hybridized carbons (Fsp3) is 0.236. The molecule has 0 spiro atoms. The zero-order valence-corrected chi connectivity index (χ0v) is 82.9. The number of aromatic nitrogens is 18. The molecule has 4 saturated heterocycles. The Labute approximate surface area is 848 Å². The Morgan fingerprint density at radius 1 is 0.395 bits per heavy atom. The van der Waals surface area contributed by atoms with E-state index in [1.807, 2.05) is 200 Å². The molecule has 18 aromatic rings. The van der Waals surface area contributed by atoms with Crippen LogP contribution in [0.1, 0.15) is 33.6 Å². The summed E-state index contributed by atoms with van der Waals surface area (Å²) in [6, 6.07) is 54.2. The van der Waals surface area contributed by atoms with Crippen molar-refractivity contribution in [3.05, 3.63) is 327 Å². The summed E-state index contributed by atoms with van der Waals surface area (Å²) >= 11 is 0. The van der Waals surface area contributed by atoms with E-state index in [9.17, 15) is 26.7 Å². The quantitative estimate of drug-likeness (QED) is 0.0279. The molecule has 0 aliphatic carbocycles. The number of fused-ring (bicyclic) bond motifs is 5. The zero-order chi connectivity index (χ0) is 101. The molecule has 1 aromatic carbocycles. The van der Waals surface area contributed by atoms with Crippen molar-refractivity contribution >= 4 is 141 Å². The monoisotopic (exact) mass is 2010 g/mol. The summed E-state index contributed by atoms with van der Waals surface area (Å²) in [4.78, 5) is 80.8. The molecule has 23 heterocycles. The molecule has 147 heavy (non-hydrogen) atoms. The van der Waals surface area contributed by atoms with E-state index in [-0.39, 0.29) is 19.1 Å². The molecule has 1 amide bonds. The van der Waals surface area contributed by atoms with Crippen molar-refractivity contribution in [3.63, 3.8) is 0 Å². The van der Waals surface area contributed by atoms with E-state index >= 15 is 0 Å². The molecule has 24 rings (SSSR count). The number of pyridine rings is 11. The van der Waals surface area contributed by atoms with E-state index in [0.29, 0.717) is 100 Å². The Morgan fingerprint density at radius 2 is 0.810 bits per heavy atom. The number of hydrogen-bond acceptors (Lipinski definition) is 30. The van der Waals surface area contributed by atoms with Gasteiger partial charge in [0.2, 0.25) is 26.0 Å². The van der Waals surface area contributed by atoms with Gasteiger partial charge in [-0.15, -0.1) is 0 Å². The second kappa shape index (κ2) is 45.1. The number of aliphatic imine (C=N–C) groups is 2. The van der Waals surface area contributed by atoms with E-state index in [2.05, 4.69) is 194 Å². The molecule has 0 saturated carbocycles. The van der Waals surface area contributed by atoms with Crippen LogP contribution >= 0.6 is 0 Å². The van der Waals surface area contributed by atoms with E-state index in [4.69, 9.17) is 9.72 Å². The topological polar surface area (TPSA) is 415 Å². The van der Waals surface area contributed by atoms with E-state index < -0.39 is 20.0 Å². The van der Waals surface area contributed by atoms with Crippen LogP contribution in [-0.2, 0) is 49.2 Å². The van der Waals surface area contributed by atoms with Crippen LogP contribution < -0.4 is 41.3 Å². The van der Waals surface area contributed by atoms with Crippen molar-refractivity contribution in [2.75, 3.05) is 180 Å². The maximum Gasteiger partial charge on any atom is 0.248 e. The molecule has 39 nitrogen and oxygen atoms in total. The number of H-pyrrole nitrogens is 1. The van der Waals surface area contributed by atoms with Crippen LogP contribution in [0.2, 0.25) is 0 Å². The minimum atomic E-state index is -3.15. The maximum atomic E-state index is 12.0. The highest BCUT2D eigenvalue weighted by atomic mass is 32.2. The third kappa shape index (κ3) is 24.9. The highest BCUT2D eigenvalue weighted by Gasteiger charge is 2.28. The number of piperazine rings is 4. The van der Waals surface area contributed by atoms with Crippen LogP contribution in [0.5, 0.6) is 0 Å². The van der Waals surface area contributed by atoms with Crippen LogP contribution in [0.3, 0.4) is 0 Å². The van der Waals surface area contributed by atoms with Crippen molar-refractivity contribution in [2.45, 2.75) is 19.6 Å². The zero-order valence-electron chi connectivity index (χ0n) is 81.3. The molecular weight excluding hydrogens is 1900 g/mol. The number of nitrogens with zero attached hydrogens (tertiary/aromatic N) is 26. The van der Waals surface area contributed by atoms with Crippen LogP contribution in [0.15, 0.2) is 304 Å². The molecule has 0 unspecified atom stereocenters. The van der Waals surface area contributed by atoms with Gasteiger partial charge in [-0.1, -0.05) is 42.5 Å². The number of aliphatic hydroxyl groups is 1. The number of benzene rings is 1. The molecule has 41 heteroatoms. The standard InChI is InChI=1S/C25H26N6O2.C22H23N7O2S.C22H24N6.C20H22N8O2S.C17H15N5O/c1-33-18-25(32)30-13-11-29(12-14-30)21-9-10-26-22(15-21)27-23-17-31-16-20(7-8-24(31)28-23)19-5-3-2-4-6-19;1-32(30,31)29-12-10-27(11-13-29)19-6-9-24-20(14-19)25-21-16-28-15-18(2-3-22(28)26-21)17-4-7-23-8-5-17;1-2-22-26-21(16-28(22)15-19(1)18-4-5-24-13-18)12-20-11-17(3-6-25-20)14-27-9-7-23-8-10-27;1-31(29,30)28-8-6-26(7-9-28)17-4-5-21-18(10-17)24-19-14-27-13-15(2-3-20(27)25-19)16-11-22-23-12-16;23-11-12-3-6-19-15(7-12)20-16-10-22-9-14(1-2-17(22)21-16)13-4-5-18-8-13/h2-10,15-17H,11-14,18H2,1H3,(H,26,27);2-9,14-16H,10-13H2,1H3,(H,24,25);1-4,6,11,13,15-16,23H,5,7-10,12,14H2;2-5,10-14H,6-9H2,1H3,(H,21,24)(H,22,23);1-4,6-10,23H,5,11H2,(H,19,20). The minimum Gasteiger partial charge on any atom is -0.392 e. The number of carbonyl (C=O) groups excluding carboxylic acids is 1. The fourth-order valence-corrected chi connectivity index (χ4v) is 19.8. The van der Waals surface area contributed by atoms with Gasteiger partial charge in [0.1, 0.15) is 58.1 Å². The van der Waals surface area contributed by atoms with Gasteiger partial charge in [0.05, 0.1) is 68.9 Å². The summed E-state index contributed by atoms with van der Waals surface area (Å²) in [6.07, 6.45) is 47.5. The fourth-order valence-electron chi connectivity index (χ4n) is 18.1. The first kappa shape index (κ1) is 97.8. The molecule has 4 fully saturated rings.